The average Bonchev–Trinajstić information content (AvgIpc) is 1.69. The van der Waals surface area contributed by atoms with Crippen LogP contribution < -0.4 is 0 Å². The Kier molecular flexibility index (Phi) is 26.7. The molecule has 0 radical (unpaired) electrons. The van der Waals surface area contributed by atoms with E-state index in [1.54, 1.807) is 0 Å². The van der Waals surface area contributed by atoms with E-state index in [9.17, 15) is 0 Å². The van der Waals surface area contributed by atoms with E-state index < -0.39 is 0 Å². The average molecular weight is 115 g/mol. The van der Waals surface area contributed by atoms with Crippen LogP contribution in [0.3, 0.4) is 0 Å². The van der Waals surface area contributed by atoms with Gasteiger partial charge in [-0.25, -0.2) is 0 Å². The summed E-state index contributed by atoms with van der Waals surface area (Å²) in [5, 5.41) is 14.5. The Morgan fingerprint density at radius 2 is 1.57 bits per heavy atom. The molecule has 7 heavy (non-hydrogen) atoms. The first-order valence-electron chi connectivity index (χ1n) is 1.32. The summed E-state index contributed by atoms with van der Waals surface area (Å²) >= 11 is 4.76. The van der Waals surface area contributed by atoms with Crippen molar-refractivity contribution < 1.29 is 0 Å². The van der Waals surface area contributed by atoms with Crippen LogP contribution in [0.25, 0.3) is 0 Å². The first-order chi connectivity index (χ1) is 3.33. The van der Waals surface area contributed by atoms with E-state index in [1.807, 2.05) is 0 Å². The lowest BCUT2D eigenvalue weighted by molar-refractivity contribution is 1.49. The van der Waals surface area contributed by atoms with E-state index in [0.717, 1.165) is 0 Å². The van der Waals surface area contributed by atoms with Gasteiger partial charge in [0.25, 0.3) is 0 Å². The molecule has 0 aliphatic heterocycles. The lowest BCUT2D eigenvalue weighted by Crippen LogP contribution is -1.26. The summed E-state index contributed by atoms with van der Waals surface area (Å²) < 4.78 is 0. The van der Waals surface area contributed by atoms with Crippen LogP contribution in [0.5, 0.6) is 0 Å². The molecule has 36 valence electrons. The van der Waals surface area contributed by atoms with Crippen LogP contribution in [-0.4, -0.2) is 0 Å². The highest BCUT2D eigenvalue weighted by atomic mass is 35.5. The van der Waals surface area contributed by atoms with E-state index in [2.05, 4.69) is 6.58 Å². The summed E-state index contributed by atoms with van der Waals surface area (Å²) in [7, 11) is 0. The van der Waals surface area contributed by atoms with Gasteiger partial charge in [-0.05, 0) is 5.54 Å². The van der Waals surface area contributed by atoms with E-state index in [-0.39, 0.29) is 0 Å². The lowest BCUT2D eigenvalue weighted by atomic mass is 10.9. The van der Waals surface area contributed by atoms with Crippen molar-refractivity contribution in [2.45, 2.75) is 0 Å². The smallest absolute Gasteiger partial charge is 0.181 e. The Morgan fingerprint density at radius 1 is 1.43 bits per heavy atom. The molecule has 0 spiro atoms. The van der Waals surface area contributed by atoms with Gasteiger partial charge in [0.1, 0.15) is 0 Å². The quantitative estimate of drug-likeness (QED) is 0.478. The van der Waals surface area contributed by atoms with Gasteiger partial charge in [0.2, 0.25) is 0 Å². The van der Waals surface area contributed by atoms with Crippen LogP contribution >= 0.6 is 11.6 Å². The molecule has 0 saturated heterocycles. The summed E-state index contributed by atoms with van der Waals surface area (Å²) in [6, 6.07) is 2.47. The van der Waals surface area contributed by atoms with Crippen molar-refractivity contribution in [3.05, 3.63) is 12.1 Å². The molecular weight excluding hydrogens is 112 g/mol. The van der Waals surface area contributed by atoms with Crippen molar-refractivity contribution in [1.29, 1.82) is 10.5 Å². The van der Waals surface area contributed by atoms with Gasteiger partial charge >= 0.3 is 0 Å². The number of hydrogen-bond acceptors (Lipinski definition) is 2. The maximum atomic E-state index is 7.26. The van der Waals surface area contributed by atoms with Crippen molar-refractivity contribution in [1.82, 2.24) is 0 Å². The summed E-state index contributed by atoms with van der Waals surface area (Å²) in [6.07, 6.45) is 0. The van der Waals surface area contributed by atoms with Crippen molar-refractivity contribution in [3.63, 3.8) is 0 Å². The topological polar surface area (TPSA) is 47.6 Å². The van der Waals surface area contributed by atoms with Crippen molar-refractivity contribution >= 4 is 11.6 Å². The van der Waals surface area contributed by atoms with Crippen molar-refractivity contribution in [2.24, 2.45) is 0 Å². The van der Waals surface area contributed by atoms with E-state index >= 15 is 0 Å². The van der Waals surface area contributed by atoms with Gasteiger partial charge in [-0.1, -0.05) is 18.2 Å². The highest BCUT2D eigenvalue weighted by Gasteiger charge is 1.39. The van der Waals surface area contributed by atoms with Crippen LogP contribution in [0.1, 0.15) is 0 Å². The Hall–Kier alpha value is -0.990. The first kappa shape index (κ1) is 9.38. The van der Waals surface area contributed by atoms with Gasteiger partial charge in [0.05, 0.1) is 0 Å². The predicted molar refractivity (Wildman–Crippen MR) is 27.3 cm³/mol. The van der Waals surface area contributed by atoms with E-state index in [1.165, 1.54) is 17.7 Å². The second-order valence-electron chi connectivity index (χ2n) is 0.378. The van der Waals surface area contributed by atoms with Gasteiger partial charge in [-0.2, -0.15) is 10.5 Å². The number of nitrogens with zero attached hydrogens (tertiary/aromatic N) is 2. The molecule has 0 unspecified atom stereocenters. The molecule has 0 bridgehead atoms. The fourth-order valence-electron chi connectivity index (χ4n) is 0. The first-order valence-corrected chi connectivity index (χ1v) is 1.76. The van der Waals surface area contributed by atoms with Gasteiger partial charge in [-0.3, -0.25) is 0 Å². The maximum Gasteiger partial charge on any atom is 0.181 e. The number of halogens is 1. The predicted octanol–water partition coefficient (Wildman–Crippen LogP) is 1.40. The molecule has 0 heterocycles. The minimum Gasteiger partial charge on any atom is -0.181 e. The zero-order valence-corrected chi connectivity index (χ0v) is 4.31. The minimum absolute atomic E-state index is 1.22. The second kappa shape index (κ2) is 19.9. The standard InChI is InChI=1S/C2H3Cl.C2N2/c1-2-3;3-1-2-4/h2H,1H2;. The fourth-order valence-corrected chi connectivity index (χ4v) is 0. The Balaban J connectivity index is 0. The molecule has 0 aromatic heterocycles. The van der Waals surface area contributed by atoms with Crippen LogP contribution in [0, 0.1) is 22.7 Å². The molecule has 0 rings (SSSR count). The van der Waals surface area contributed by atoms with Gasteiger partial charge in [0, 0.05) is 0 Å². The third kappa shape index (κ3) is 454000. The zero-order valence-electron chi connectivity index (χ0n) is 3.56. The Bertz CT molecular complexity index is 93.8. The van der Waals surface area contributed by atoms with Gasteiger partial charge in [-0.15, -0.1) is 0 Å². The van der Waals surface area contributed by atoms with E-state index in [0.29, 0.717) is 0 Å². The summed E-state index contributed by atoms with van der Waals surface area (Å²) in [6.45, 7) is 3.13. The zero-order chi connectivity index (χ0) is 6.12. The monoisotopic (exact) mass is 114 g/mol. The molecule has 3 heteroatoms. The Morgan fingerprint density at radius 3 is 1.57 bits per heavy atom. The number of hydrogen-bond donors (Lipinski definition) is 0. The summed E-state index contributed by atoms with van der Waals surface area (Å²) in [5.41, 5.74) is 1.22. The largest absolute Gasteiger partial charge is 0.181 e. The summed E-state index contributed by atoms with van der Waals surface area (Å²) in [5.74, 6) is 0. The van der Waals surface area contributed by atoms with Crippen molar-refractivity contribution in [2.75, 3.05) is 0 Å². The van der Waals surface area contributed by atoms with Crippen LogP contribution in [0.15, 0.2) is 12.1 Å². The maximum absolute atomic E-state index is 7.26. The van der Waals surface area contributed by atoms with Crippen LogP contribution in [0.2, 0.25) is 0 Å². The molecular formula is C4H3ClN2. The molecule has 0 amide bonds. The highest BCUT2D eigenvalue weighted by Crippen LogP contribution is 1.60. The minimum atomic E-state index is 1.22. The third-order valence-electron chi connectivity index (χ3n) is 0.0500. The Labute approximate surface area is 47.2 Å². The number of rotatable bonds is 0. The third-order valence-corrected chi connectivity index (χ3v) is 0.0500. The molecule has 0 N–H and O–H groups in total. The molecule has 0 aromatic rings. The molecule has 0 aliphatic rings. The SMILES string of the molecule is C=CCl.N#CC#N. The second-order valence-corrected chi connectivity index (χ2v) is 0.687. The molecule has 0 atom stereocenters. The van der Waals surface area contributed by atoms with Gasteiger partial charge in [0.15, 0.2) is 12.1 Å². The normalized spacial score (nSPS) is 3.29. The molecule has 0 saturated carbocycles. The highest BCUT2D eigenvalue weighted by molar-refractivity contribution is 6.25. The lowest BCUT2D eigenvalue weighted by Gasteiger charge is -1.27. The molecule has 0 fully saturated rings. The molecule has 0 aromatic carbocycles. The van der Waals surface area contributed by atoms with Crippen LogP contribution in [-0.2, 0) is 0 Å². The summed E-state index contributed by atoms with van der Waals surface area (Å²) in [4.78, 5) is 0. The number of nitriles is 2. The molecule has 2 nitrogen and oxygen atoms in total. The van der Waals surface area contributed by atoms with E-state index in [4.69, 9.17) is 22.1 Å². The van der Waals surface area contributed by atoms with Crippen LogP contribution in [0.4, 0.5) is 0 Å². The van der Waals surface area contributed by atoms with Gasteiger partial charge < -0.3 is 0 Å². The molecule has 0 aliphatic carbocycles. The van der Waals surface area contributed by atoms with Crippen molar-refractivity contribution in [3.8, 4) is 12.1 Å². The fraction of sp³-hybridized carbons (Fsp3) is 0.